The maximum absolute atomic E-state index is 4.72. The van der Waals surface area contributed by atoms with Gasteiger partial charge in [-0.2, -0.15) is 5.10 Å². The first kappa shape index (κ1) is 16.5. The van der Waals surface area contributed by atoms with Gasteiger partial charge in [-0.25, -0.2) is 4.68 Å². The molecule has 0 amide bonds. The van der Waals surface area contributed by atoms with E-state index in [0.717, 1.165) is 17.9 Å². The topological polar surface area (TPSA) is 29.9 Å². The summed E-state index contributed by atoms with van der Waals surface area (Å²) in [5.74, 6) is 0. The molecule has 0 aliphatic carbocycles. The van der Waals surface area contributed by atoms with Gasteiger partial charge in [0.25, 0.3) is 0 Å². The van der Waals surface area contributed by atoms with Crippen LogP contribution >= 0.6 is 0 Å². The summed E-state index contributed by atoms with van der Waals surface area (Å²) < 4.78 is 2.03. The standard InChI is InChI=1S/C21H25N3/c1-15-10-12-19(13-11-15)16(2)22-14-21-17(3)23-24(18(21)4)20-8-6-5-7-9-20/h5-13,16,22H,14H2,1-4H3/t16-/m1/s1. The quantitative estimate of drug-likeness (QED) is 0.742. The van der Waals surface area contributed by atoms with Crippen molar-refractivity contribution in [3.63, 3.8) is 0 Å². The average Bonchev–Trinajstić information content (AvgIpc) is 2.88. The summed E-state index contributed by atoms with van der Waals surface area (Å²) >= 11 is 0. The predicted molar refractivity (Wildman–Crippen MR) is 99.5 cm³/mol. The molecule has 3 nitrogen and oxygen atoms in total. The molecule has 0 aliphatic heterocycles. The Labute approximate surface area is 144 Å². The number of rotatable bonds is 5. The van der Waals surface area contributed by atoms with Crippen LogP contribution in [-0.2, 0) is 6.54 Å². The highest BCUT2D eigenvalue weighted by Crippen LogP contribution is 2.19. The Kier molecular flexibility index (Phi) is 4.81. The SMILES string of the molecule is Cc1ccc([C@@H](C)NCc2c(C)nn(-c3ccccc3)c2C)cc1. The third-order valence-corrected chi connectivity index (χ3v) is 4.60. The van der Waals surface area contributed by atoms with Gasteiger partial charge in [0.05, 0.1) is 11.4 Å². The van der Waals surface area contributed by atoms with Gasteiger partial charge in [-0.15, -0.1) is 0 Å². The zero-order valence-electron chi connectivity index (χ0n) is 14.9. The lowest BCUT2D eigenvalue weighted by atomic mass is 10.1. The summed E-state index contributed by atoms with van der Waals surface area (Å²) in [6.07, 6.45) is 0. The first-order chi connectivity index (χ1) is 11.6. The lowest BCUT2D eigenvalue weighted by molar-refractivity contribution is 0.572. The van der Waals surface area contributed by atoms with Crippen LogP contribution in [0.15, 0.2) is 54.6 Å². The zero-order valence-corrected chi connectivity index (χ0v) is 14.9. The summed E-state index contributed by atoms with van der Waals surface area (Å²) in [6.45, 7) is 9.36. The second-order valence-corrected chi connectivity index (χ2v) is 6.41. The van der Waals surface area contributed by atoms with Gasteiger partial charge in [0.15, 0.2) is 0 Å². The molecule has 0 bridgehead atoms. The van der Waals surface area contributed by atoms with Crippen molar-refractivity contribution in [3.8, 4) is 5.69 Å². The highest BCUT2D eigenvalue weighted by atomic mass is 15.3. The van der Waals surface area contributed by atoms with Crippen molar-refractivity contribution in [3.05, 3.63) is 82.7 Å². The van der Waals surface area contributed by atoms with Crippen LogP contribution < -0.4 is 5.32 Å². The number of aryl methyl sites for hydroxylation is 2. The number of benzene rings is 2. The van der Waals surface area contributed by atoms with Crippen LogP contribution in [0.25, 0.3) is 5.69 Å². The van der Waals surface area contributed by atoms with E-state index in [2.05, 4.69) is 69.4 Å². The van der Waals surface area contributed by atoms with E-state index in [1.165, 1.54) is 22.4 Å². The minimum absolute atomic E-state index is 0.310. The largest absolute Gasteiger partial charge is 0.306 e. The molecule has 3 aromatic rings. The first-order valence-corrected chi connectivity index (χ1v) is 8.46. The van der Waals surface area contributed by atoms with Gasteiger partial charge in [0.1, 0.15) is 0 Å². The van der Waals surface area contributed by atoms with Crippen molar-refractivity contribution in [2.75, 3.05) is 0 Å². The smallest absolute Gasteiger partial charge is 0.0648 e. The Morgan fingerprint density at radius 2 is 1.62 bits per heavy atom. The third kappa shape index (κ3) is 3.41. The molecule has 24 heavy (non-hydrogen) atoms. The van der Waals surface area contributed by atoms with E-state index in [-0.39, 0.29) is 0 Å². The minimum atomic E-state index is 0.310. The molecule has 0 saturated heterocycles. The Bertz CT molecular complexity index is 801. The summed E-state index contributed by atoms with van der Waals surface area (Å²) in [5, 5.41) is 8.35. The van der Waals surface area contributed by atoms with Crippen molar-refractivity contribution in [1.29, 1.82) is 0 Å². The highest BCUT2D eigenvalue weighted by molar-refractivity contribution is 5.37. The lowest BCUT2D eigenvalue weighted by Gasteiger charge is -2.15. The van der Waals surface area contributed by atoms with Crippen LogP contribution in [0.2, 0.25) is 0 Å². The number of nitrogens with one attached hydrogen (secondary N) is 1. The van der Waals surface area contributed by atoms with E-state index in [0.29, 0.717) is 6.04 Å². The second-order valence-electron chi connectivity index (χ2n) is 6.41. The zero-order chi connectivity index (χ0) is 17.1. The van der Waals surface area contributed by atoms with Crippen molar-refractivity contribution in [2.24, 2.45) is 0 Å². The van der Waals surface area contributed by atoms with Crippen molar-refractivity contribution in [2.45, 2.75) is 40.3 Å². The van der Waals surface area contributed by atoms with Gasteiger partial charge >= 0.3 is 0 Å². The molecule has 3 rings (SSSR count). The number of hydrogen-bond donors (Lipinski definition) is 1. The Balaban J connectivity index is 1.76. The Morgan fingerprint density at radius 1 is 0.958 bits per heavy atom. The molecule has 1 N–H and O–H groups in total. The number of hydrogen-bond acceptors (Lipinski definition) is 2. The molecule has 1 aromatic heterocycles. The van der Waals surface area contributed by atoms with Crippen molar-refractivity contribution in [1.82, 2.24) is 15.1 Å². The van der Waals surface area contributed by atoms with Crippen LogP contribution in [0.1, 0.15) is 41.0 Å². The van der Waals surface area contributed by atoms with Crippen LogP contribution in [0.3, 0.4) is 0 Å². The first-order valence-electron chi connectivity index (χ1n) is 8.46. The number of para-hydroxylation sites is 1. The lowest BCUT2D eigenvalue weighted by Crippen LogP contribution is -2.19. The average molecular weight is 319 g/mol. The van der Waals surface area contributed by atoms with Gasteiger partial charge < -0.3 is 5.32 Å². The summed E-state index contributed by atoms with van der Waals surface area (Å²) in [7, 11) is 0. The minimum Gasteiger partial charge on any atom is -0.306 e. The summed E-state index contributed by atoms with van der Waals surface area (Å²) in [5.41, 5.74) is 7.27. The van der Waals surface area contributed by atoms with Crippen molar-refractivity contribution >= 4 is 0 Å². The molecule has 0 spiro atoms. The van der Waals surface area contributed by atoms with Gasteiger partial charge in [0, 0.05) is 23.8 Å². The van der Waals surface area contributed by atoms with E-state index in [1.54, 1.807) is 0 Å². The highest BCUT2D eigenvalue weighted by Gasteiger charge is 2.14. The molecule has 0 saturated carbocycles. The van der Waals surface area contributed by atoms with Crippen LogP contribution in [-0.4, -0.2) is 9.78 Å². The second kappa shape index (κ2) is 7.02. The normalized spacial score (nSPS) is 12.3. The molecule has 0 fully saturated rings. The summed E-state index contributed by atoms with van der Waals surface area (Å²) in [6, 6.07) is 19.3. The Morgan fingerprint density at radius 3 is 2.29 bits per heavy atom. The third-order valence-electron chi connectivity index (χ3n) is 4.60. The fourth-order valence-corrected chi connectivity index (χ4v) is 2.98. The number of aromatic nitrogens is 2. The maximum atomic E-state index is 4.72. The van der Waals surface area contributed by atoms with Gasteiger partial charge in [0.2, 0.25) is 0 Å². The maximum Gasteiger partial charge on any atom is 0.0648 e. The van der Waals surface area contributed by atoms with Crippen LogP contribution in [0.4, 0.5) is 0 Å². The van der Waals surface area contributed by atoms with Gasteiger partial charge in [-0.3, -0.25) is 0 Å². The van der Waals surface area contributed by atoms with E-state index >= 15 is 0 Å². The van der Waals surface area contributed by atoms with E-state index < -0.39 is 0 Å². The molecule has 2 aromatic carbocycles. The molecule has 1 heterocycles. The molecule has 0 aliphatic rings. The fourth-order valence-electron chi connectivity index (χ4n) is 2.98. The van der Waals surface area contributed by atoms with E-state index in [9.17, 15) is 0 Å². The monoisotopic (exact) mass is 319 g/mol. The molecular weight excluding hydrogens is 294 g/mol. The van der Waals surface area contributed by atoms with E-state index in [1.807, 2.05) is 22.9 Å². The fraction of sp³-hybridized carbons (Fsp3) is 0.286. The molecule has 0 radical (unpaired) electrons. The van der Waals surface area contributed by atoms with Gasteiger partial charge in [-0.1, -0.05) is 48.0 Å². The number of nitrogens with zero attached hydrogens (tertiary/aromatic N) is 2. The molecule has 124 valence electrons. The molecule has 3 heteroatoms. The van der Waals surface area contributed by atoms with Crippen LogP contribution in [0, 0.1) is 20.8 Å². The van der Waals surface area contributed by atoms with Gasteiger partial charge in [-0.05, 0) is 45.4 Å². The molecule has 1 atom stereocenters. The molecule has 0 unspecified atom stereocenters. The van der Waals surface area contributed by atoms with Crippen molar-refractivity contribution < 1.29 is 0 Å². The Hall–Kier alpha value is -2.39. The van der Waals surface area contributed by atoms with Crippen LogP contribution in [0.5, 0.6) is 0 Å². The summed E-state index contributed by atoms with van der Waals surface area (Å²) in [4.78, 5) is 0. The van der Waals surface area contributed by atoms with E-state index in [4.69, 9.17) is 5.10 Å². The predicted octanol–water partition coefficient (Wildman–Crippen LogP) is 4.65. The molecular formula is C21H25N3.